The molecule has 0 saturated carbocycles. The van der Waals surface area contributed by atoms with E-state index in [9.17, 15) is 4.79 Å². The van der Waals surface area contributed by atoms with E-state index in [-0.39, 0.29) is 5.91 Å². The molecule has 5 nitrogen and oxygen atoms in total. The summed E-state index contributed by atoms with van der Waals surface area (Å²) < 4.78 is 6.09. The van der Waals surface area contributed by atoms with Crippen molar-refractivity contribution in [2.45, 2.75) is 38.3 Å². The molecule has 6 rings (SSSR count). The van der Waals surface area contributed by atoms with Crippen LogP contribution in [0.15, 0.2) is 109 Å². The van der Waals surface area contributed by atoms with E-state index in [1.165, 1.54) is 11.1 Å². The normalized spacial score (nSPS) is 14.3. The standard InChI is InChI=1S/C35H35N3O2/c39-34(22-30-23-36-35-32(30)15-8-16-33(35)40-25-27-11-5-2-6-12-27)37-31-14-7-13-29(21-31)28-17-19-38(20-18-28)24-26-9-3-1-4-10-26/h1-16,21,23,28,36H,17-20,22,24-25H2,(H,37,39). The summed E-state index contributed by atoms with van der Waals surface area (Å²) in [5, 5.41) is 4.14. The molecule has 4 aromatic carbocycles. The number of nitrogens with zero attached hydrogens (tertiary/aromatic N) is 1. The van der Waals surface area contributed by atoms with Crippen LogP contribution in [0.5, 0.6) is 5.75 Å². The SMILES string of the molecule is O=C(Cc1c[nH]c2c(OCc3ccccc3)cccc12)Nc1cccc(C2CCN(Cc3ccccc3)CC2)c1. The van der Waals surface area contributed by atoms with Crippen molar-refractivity contribution in [1.29, 1.82) is 0 Å². The minimum atomic E-state index is -0.0219. The third-order valence-electron chi connectivity index (χ3n) is 7.83. The van der Waals surface area contributed by atoms with E-state index in [0.717, 1.165) is 65.9 Å². The summed E-state index contributed by atoms with van der Waals surface area (Å²) in [5.41, 5.74) is 6.54. The summed E-state index contributed by atoms with van der Waals surface area (Å²) in [5.74, 6) is 1.29. The van der Waals surface area contributed by atoms with E-state index in [1.54, 1.807) is 0 Å². The molecule has 1 fully saturated rings. The molecule has 0 radical (unpaired) electrons. The molecule has 1 aliphatic rings. The molecule has 1 amide bonds. The van der Waals surface area contributed by atoms with Gasteiger partial charge in [0.25, 0.3) is 0 Å². The van der Waals surface area contributed by atoms with Crippen LogP contribution in [0.3, 0.4) is 0 Å². The van der Waals surface area contributed by atoms with Gasteiger partial charge in [-0.15, -0.1) is 0 Å². The van der Waals surface area contributed by atoms with Crippen molar-refractivity contribution < 1.29 is 9.53 Å². The summed E-state index contributed by atoms with van der Waals surface area (Å²) in [6.45, 7) is 3.69. The van der Waals surface area contributed by atoms with E-state index >= 15 is 0 Å². The predicted molar refractivity (Wildman–Crippen MR) is 162 cm³/mol. The quantitative estimate of drug-likeness (QED) is 0.211. The van der Waals surface area contributed by atoms with Crippen LogP contribution in [0.1, 0.15) is 41.0 Å². The van der Waals surface area contributed by atoms with Crippen LogP contribution in [-0.4, -0.2) is 28.9 Å². The fraction of sp³-hybridized carbons (Fsp3) is 0.229. The minimum Gasteiger partial charge on any atom is -0.487 e. The number of para-hydroxylation sites is 1. The summed E-state index contributed by atoms with van der Waals surface area (Å²) in [7, 11) is 0. The maximum Gasteiger partial charge on any atom is 0.228 e. The lowest BCUT2D eigenvalue weighted by atomic mass is 9.89. The fourth-order valence-electron chi connectivity index (χ4n) is 5.70. The van der Waals surface area contributed by atoms with Gasteiger partial charge in [0.15, 0.2) is 0 Å². The topological polar surface area (TPSA) is 57.4 Å². The highest BCUT2D eigenvalue weighted by Crippen LogP contribution is 2.31. The second kappa shape index (κ2) is 12.2. The third-order valence-corrected chi connectivity index (χ3v) is 7.83. The van der Waals surface area contributed by atoms with Crippen molar-refractivity contribution in [2.75, 3.05) is 18.4 Å². The Morgan fingerprint density at radius 1 is 0.850 bits per heavy atom. The van der Waals surface area contributed by atoms with E-state index in [2.05, 4.69) is 75.9 Å². The van der Waals surface area contributed by atoms with E-state index < -0.39 is 0 Å². The smallest absolute Gasteiger partial charge is 0.228 e. The third kappa shape index (κ3) is 6.27. The molecular weight excluding hydrogens is 494 g/mol. The van der Waals surface area contributed by atoms with E-state index in [0.29, 0.717) is 18.9 Å². The first-order valence-electron chi connectivity index (χ1n) is 14.1. The molecule has 0 aliphatic carbocycles. The van der Waals surface area contributed by atoms with Gasteiger partial charge in [-0.2, -0.15) is 0 Å². The van der Waals surface area contributed by atoms with Gasteiger partial charge in [0.2, 0.25) is 5.91 Å². The van der Waals surface area contributed by atoms with Crippen LogP contribution in [0.4, 0.5) is 5.69 Å². The molecule has 0 unspecified atom stereocenters. The lowest BCUT2D eigenvalue weighted by Crippen LogP contribution is -2.32. The average molecular weight is 530 g/mol. The molecule has 1 saturated heterocycles. The molecule has 2 N–H and O–H groups in total. The summed E-state index contributed by atoms with van der Waals surface area (Å²) in [4.78, 5) is 18.9. The first-order chi connectivity index (χ1) is 19.7. The fourth-order valence-corrected chi connectivity index (χ4v) is 5.70. The number of piperidine rings is 1. The largest absolute Gasteiger partial charge is 0.487 e. The number of rotatable bonds is 9. The Bertz CT molecular complexity index is 1550. The maximum atomic E-state index is 13.1. The minimum absolute atomic E-state index is 0.0219. The first kappa shape index (κ1) is 25.9. The number of fused-ring (bicyclic) bond motifs is 1. The second-order valence-electron chi connectivity index (χ2n) is 10.7. The molecule has 0 spiro atoms. The number of benzene rings is 4. The van der Waals surface area contributed by atoms with Crippen molar-refractivity contribution in [3.05, 3.63) is 132 Å². The lowest BCUT2D eigenvalue weighted by molar-refractivity contribution is -0.115. The summed E-state index contributed by atoms with van der Waals surface area (Å²) in [6, 6.07) is 35.2. The monoisotopic (exact) mass is 529 g/mol. The zero-order chi connectivity index (χ0) is 27.1. The molecule has 0 bridgehead atoms. The molecule has 1 aliphatic heterocycles. The number of likely N-dealkylation sites (tertiary alicyclic amines) is 1. The van der Waals surface area contributed by atoms with Crippen LogP contribution in [0, 0.1) is 0 Å². The predicted octanol–water partition coefficient (Wildman–Crippen LogP) is 7.31. The van der Waals surface area contributed by atoms with Crippen LogP contribution < -0.4 is 10.1 Å². The van der Waals surface area contributed by atoms with Gasteiger partial charge in [0.1, 0.15) is 12.4 Å². The van der Waals surface area contributed by atoms with Crippen LogP contribution in [-0.2, 0) is 24.4 Å². The number of carbonyl (C=O) groups excluding carboxylic acids is 1. The zero-order valence-electron chi connectivity index (χ0n) is 22.7. The van der Waals surface area contributed by atoms with E-state index in [4.69, 9.17) is 4.74 Å². The van der Waals surface area contributed by atoms with Crippen molar-refractivity contribution in [3.8, 4) is 5.75 Å². The zero-order valence-corrected chi connectivity index (χ0v) is 22.7. The van der Waals surface area contributed by atoms with Gasteiger partial charge in [-0.1, -0.05) is 84.9 Å². The number of amides is 1. The second-order valence-corrected chi connectivity index (χ2v) is 10.7. The molecule has 2 heterocycles. The maximum absolute atomic E-state index is 13.1. The number of hydrogen-bond donors (Lipinski definition) is 2. The van der Waals surface area contributed by atoms with Crippen molar-refractivity contribution >= 4 is 22.5 Å². The highest BCUT2D eigenvalue weighted by Gasteiger charge is 2.21. The highest BCUT2D eigenvalue weighted by atomic mass is 16.5. The Labute approximate surface area is 235 Å². The molecule has 0 atom stereocenters. The number of nitrogens with one attached hydrogen (secondary N) is 2. The Morgan fingerprint density at radius 2 is 1.57 bits per heavy atom. The number of anilines is 1. The van der Waals surface area contributed by atoms with E-state index in [1.807, 2.05) is 48.7 Å². The number of H-pyrrole nitrogens is 1. The van der Waals surface area contributed by atoms with Gasteiger partial charge >= 0.3 is 0 Å². The highest BCUT2D eigenvalue weighted by molar-refractivity contribution is 5.97. The van der Waals surface area contributed by atoms with Crippen molar-refractivity contribution in [1.82, 2.24) is 9.88 Å². The molecular formula is C35H35N3O2. The molecule has 5 aromatic rings. The van der Waals surface area contributed by atoms with Crippen LogP contribution in [0.2, 0.25) is 0 Å². The lowest BCUT2D eigenvalue weighted by Gasteiger charge is -2.32. The molecule has 40 heavy (non-hydrogen) atoms. The van der Waals surface area contributed by atoms with Gasteiger partial charge in [-0.25, -0.2) is 0 Å². The summed E-state index contributed by atoms with van der Waals surface area (Å²) in [6.07, 6.45) is 4.48. The average Bonchev–Trinajstić information content (AvgIpc) is 3.41. The van der Waals surface area contributed by atoms with Crippen molar-refractivity contribution in [3.63, 3.8) is 0 Å². The van der Waals surface area contributed by atoms with Gasteiger partial charge in [0, 0.05) is 23.8 Å². The Hall–Kier alpha value is -4.35. The Morgan fingerprint density at radius 3 is 2.35 bits per heavy atom. The number of aromatic nitrogens is 1. The number of carbonyl (C=O) groups is 1. The Balaban J connectivity index is 1.05. The molecule has 1 aromatic heterocycles. The van der Waals surface area contributed by atoms with Crippen LogP contribution in [0.25, 0.3) is 10.9 Å². The number of aromatic amines is 1. The van der Waals surface area contributed by atoms with Gasteiger partial charge in [0.05, 0.1) is 11.9 Å². The Kier molecular flexibility index (Phi) is 7.92. The molecule has 5 heteroatoms. The van der Waals surface area contributed by atoms with Crippen molar-refractivity contribution in [2.24, 2.45) is 0 Å². The van der Waals surface area contributed by atoms with Crippen LogP contribution >= 0.6 is 0 Å². The number of hydrogen-bond acceptors (Lipinski definition) is 3. The number of ether oxygens (including phenoxy) is 1. The first-order valence-corrected chi connectivity index (χ1v) is 14.1. The van der Waals surface area contributed by atoms with Gasteiger partial charge in [-0.3, -0.25) is 9.69 Å². The summed E-state index contributed by atoms with van der Waals surface area (Å²) >= 11 is 0. The van der Waals surface area contributed by atoms with Gasteiger partial charge < -0.3 is 15.0 Å². The molecule has 202 valence electrons. The van der Waals surface area contributed by atoms with Gasteiger partial charge in [-0.05, 0) is 72.3 Å².